The molecule has 252 valence electrons. The van der Waals surface area contributed by atoms with Gasteiger partial charge in [0.25, 0.3) is 0 Å². The highest BCUT2D eigenvalue weighted by Gasteiger charge is 2.15. The molecule has 0 saturated heterocycles. The highest BCUT2D eigenvalue weighted by molar-refractivity contribution is 6.07. The Morgan fingerprint density at radius 2 is 0.833 bits per heavy atom. The maximum absolute atomic E-state index is 5.17. The molecule has 3 heterocycles. The van der Waals surface area contributed by atoms with Crippen LogP contribution in [0.15, 0.2) is 188 Å². The second-order valence-electron chi connectivity index (χ2n) is 13.3. The minimum Gasteiger partial charge on any atom is -0.254 e. The number of hydrogen-bond donors (Lipinski definition) is 0. The van der Waals surface area contributed by atoms with E-state index in [1.165, 1.54) is 0 Å². The Hall–Kier alpha value is -7.37. The minimum absolute atomic E-state index is 0.625. The summed E-state index contributed by atoms with van der Waals surface area (Å²) < 4.78 is 0. The van der Waals surface area contributed by atoms with Gasteiger partial charge in [-0.1, -0.05) is 164 Å². The van der Waals surface area contributed by atoms with Gasteiger partial charge in [0.15, 0.2) is 17.5 Å². The van der Waals surface area contributed by atoms with Gasteiger partial charge in [0.05, 0.1) is 16.7 Å². The van der Waals surface area contributed by atoms with Crippen LogP contribution in [0, 0.1) is 0 Å². The van der Waals surface area contributed by atoms with Crippen molar-refractivity contribution in [2.24, 2.45) is 0 Å². The van der Waals surface area contributed by atoms with Gasteiger partial charge in [-0.2, -0.15) is 0 Å². The fourth-order valence-corrected chi connectivity index (χ4v) is 7.27. The number of pyridine rings is 2. The molecule has 0 aliphatic heterocycles. The van der Waals surface area contributed by atoms with Crippen LogP contribution in [0.1, 0.15) is 0 Å². The Bertz CT molecular complexity index is 2980. The van der Waals surface area contributed by atoms with E-state index in [-0.39, 0.29) is 0 Å². The number of nitrogens with zero attached hydrogens (tertiary/aromatic N) is 5. The Balaban J connectivity index is 1.04. The lowest BCUT2D eigenvalue weighted by molar-refractivity contribution is 1.07. The second kappa shape index (κ2) is 13.3. The lowest BCUT2D eigenvalue weighted by atomic mass is 9.93. The van der Waals surface area contributed by atoms with Crippen molar-refractivity contribution in [2.45, 2.75) is 0 Å². The van der Waals surface area contributed by atoms with Crippen molar-refractivity contribution in [3.8, 4) is 67.7 Å². The van der Waals surface area contributed by atoms with Gasteiger partial charge in [-0.15, -0.1) is 0 Å². The van der Waals surface area contributed by atoms with Crippen LogP contribution in [-0.4, -0.2) is 24.9 Å². The zero-order chi connectivity index (χ0) is 35.8. The van der Waals surface area contributed by atoms with E-state index in [0.29, 0.717) is 17.5 Å². The molecular weight excluding hydrogens is 659 g/mol. The first kappa shape index (κ1) is 31.4. The van der Waals surface area contributed by atoms with Gasteiger partial charge in [-0.05, 0) is 51.2 Å². The van der Waals surface area contributed by atoms with E-state index in [0.717, 1.165) is 82.8 Å². The van der Waals surface area contributed by atoms with Crippen molar-refractivity contribution >= 4 is 32.6 Å². The van der Waals surface area contributed by atoms with E-state index in [2.05, 4.69) is 145 Å². The molecule has 0 aliphatic rings. The van der Waals surface area contributed by atoms with Crippen molar-refractivity contribution in [3.05, 3.63) is 188 Å². The summed E-state index contributed by atoms with van der Waals surface area (Å²) in [6.07, 6.45) is 1.83. The van der Waals surface area contributed by atoms with E-state index >= 15 is 0 Å². The predicted octanol–water partition coefficient (Wildman–Crippen LogP) is 12.1. The molecule has 7 aromatic carbocycles. The lowest BCUT2D eigenvalue weighted by Crippen LogP contribution is -2.00. The average molecular weight is 690 g/mol. The first-order valence-corrected chi connectivity index (χ1v) is 18.0. The topological polar surface area (TPSA) is 64.5 Å². The molecule has 10 aromatic rings. The van der Waals surface area contributed by atoms with Crippen LogP contribution in [0.25, 0.3) is 100 Å². The Morgan fingerprint density at radius 3 is 1.57 bits per heavy atom. The largest absolute Gasteiger partial charge is 0.254 e. The molecule has 0 saturated carbocycles. The van der Waals surface area contributed by atoms with Crippen LogP contribution in [0.2, 0.25) is 0 Å². The first-order valence-electron chi connectivity index (χ1n) is 18.0. The lowest BCUT2D eigenvalue weighted by Gasteiger charge is -2.13. The zero-order valence-corrected chi connectivity index (χ0v) is 29.1. The molecule has 0 amide bonds. The van der Waals surface area contributed by atoms with Crippen molar-refractivity contribution in [3.63, 3.8) is 0 Å². The summed E-state index contributed by atoms with van der Waals surface area (Å²) in [5.41, 5.74) is 11.1. The summed E-state index contributed by atoms with van der Waals surface area (Å²) in [6.45, 7) is 0. The standard InChI is InChI=1S/C49H31N5/c1-3-11-32(12-4-1)38-15-9-16-39(31-38)49-53-47(36-13-5-2-6-14-36)52-48(54-49)37-24-20-33(21-25-37)40-27-28-43(42-19-8-7-18-41(40)42)44-29-26-35-23-22-34-17-10-30-50-45(34)46(35)51-44/h1-31H. The first-order chi connectivity index (χ1) is 26.7. The van der Waals surface area contributed by atoms with Gasteiger partial charge in [-0.25, -0.2) is 19.9 Å². The number of rotatable bonds is 6. The maximum atomic E-state index is 5.17. The fraction of sp³-hybridized carbons (Fsp3) is 0. The van der Waals surface area contributed by atoms with Crippen molar-refractivity contribution < 1.29 is 0 Å². The summed E-state index contributed by atoms with van der Waals surface area (Å²) >= 11 is 0. The Labute approximate surface area is 312 Å². The van der Waals surface area contributed by atoms with Gasteiger partial charge in [-0.3, -0.25) is 4.98 Å². The van der Waals surface area contributed by atoms with Crippen LogP contribution < -0.4 is 0 Å². The van der Waals surface area contributed by atoms with E-state index in [9.17, 15) is 0 Å². The quantitative estimate of drug-likeness (QED) is 0.163. The molecule has 10 rings (SSSR count). The van der Waals surface area contributed by atoms with Gasteiger partial charge in [0.2, 0.25) is 0 Å². The third kappa shape index (κ3) is 5.74. The third-order valence-corrected chi connectivity index (χ3v) is 9.98. The Kier molecular flexibility index (Phi) is 7.73. The summed E-state index contributed by atoms with van der Waals surface area (Å²) in [6, 6.07) is 62.8. The van der Waals surface area contributed by atoms with Gasteiger partial charge >= 0.3 is 0 Å². The molecule has 54 heavy (non-hydrogen) atoms. The minimum atomic E-state index is 0.625. The molecule has 0 spiro atoms. The fourth-order valence-electron chi connectivity index (χ4n) is 7.27. The van der Waals surface area contributed by atoms with Crippen molar-refractivity contribution in [2.75, 3.05) is 0 Å². The van der Waals surface area contributed by atoms with Gasteiger partial charge < -0.3 is 0 Å². The highest BCUT2D eigenvalue weighted by Crippen LogP contribution is 2.37. The highest BCUT2D eigenvalue weighted by atomic mass is 15.0. The number of hydrogen-bond acceptors (Lipinski definition) is 5. The maximum Gasteiger partial charge on any atom is 0.164 e. The van der Waals surface area contributed by atoms with E-state index in [4.69, 9.17) is 19.9 Å². The smallest absolute Gasteiger partial charge is 0.164 e. The molecule has 0 unspecified atom stereocenters. The number of fused-ring (bicyclic) bond motifs is 4. The van der Waals surface area contributed by atoms with Crippen LogP contribution >= 0.6 is 0 Å². The summed E-state index contributed by atoms with van der Waals surface area (Å²) in [4.78, 5) is 24.8. The Morgan fingerprint density at radius 1 is 0.296 bits per heavy atom. The zero-order valence-electron chi connectivity index (χ0n) is 29.1. The SMILES string of the molecule is c1ccc(-c2cccc(-c3nc(-c4ccccc4)nc(-c4ccc(-c5ccc(-c6ccc7ccc8cccnc8c7n6)c6ccccc56)cc4)n3)c2)cc1. The van der Waals surface area contributed by atoms with Crippen LogP contribution in [0.4, 0.5) is 0 Å². The van der Waals surface area contributed by atoms with Crippen LogP contribution in [0.5, 0.6) is 0 Å². The molecule has 0 radical (unpaired) electrons. The normalized spacial score (nSPS) is 11.3. The molecule has 0 fully saturated rings. The molecule has 0 atom stereocenters. The third-order valence-electron chi connectivity index (χ3n) is 9.98. The summed E-state index contributed by atoms with van der Waals surface area (Å²) in [7, 11) is 0. The average Bonchev–Trinajstić information content (AvgIpc) is 3.26. The molecule has 5 heteroatoms. The van der Waals surface area contributed by atoms with Crippen molar-refractivity contribution in [1.82, 2.24) is 24.9 Å². The van der Waals surface area contributed by atoms with Crippen LogP contribution in [0.3, 0.4) is 0 Å². The number of benzene rings is 7. The number of aromatic nitrogens is 5. The molecule has 0 aliphatic carbocycles. The summed E-state index contributed by atoms with van der Waals surface area (Å²) in [5.74, 6) is 1.89. The molecular formula is C49H31N5. The van der Waals surface area contributed by atoms with E-state index in [1.807, 2.05) is 48.7 Å². The molecule has 5 nitrogen and oxygen atoms in total. The van der Waals surface area contributed by atoms with E-state index in [1.54, 1.807) is 0 Å². The van der Waals surface area contributed by atoms with Crippen LogP contribution in [-0.2, 0) is 0 Å². The predicted molar refractivity (Wildman–Crippen MR) is 221 cm³/mol. The monoisotopic (exact) mass is 689 g/mol. The molecule has 0 N–H and O–H groups in total. The van der Waals surface area contributed by atoms with Gasteiger partial charge in [0, 0.05) is 39.2 Å². The van der Waals surface area contributed by atoms with Gasteiger partial charge in [0.1, 0.15) is 0 Å². The second-order valence-corrected chi connectivity index (χ2v) is 13.3. The molecule has 3 aromatic heterocycles. The molecule has 0 bridgehead atoms. The summed E-state index contributed by atoms with van der Waals surface area (Å²) in [5, 5.41) is 4.47. The van der Waals surface area contributed by atoms with Crippen molar-refractivity contribution in [1.29, 1.82) is 0 Å². The van der Waals surface area contributed by atoms with E-state index < -0.39 is 0 Å².